The lowest BCUT2D eigenvalue weighted by Gasteiger charge is -2.38. The fraction of sp³-hybridized carbons (Fsp3) is 0.297. The van der Waals surface area contributed by atoms with Crippen molar-refractivity contribution in [3.8, 4) is 23.0 Å². The van der Waals surface area contributed by atoms with Crippen molar-refractivity contribution in [2.75, 3.05) is 44.5 Å². The standard InChI is InChI=1S/C37H42N4O6/c1-25-21-41(26(2)24-42)36(43)32-11-8-12-33(39-37(44)38-28-15-19-29(45-4)20-16-28)35(32)47-34(25)23-40(3)22-27-13-17-31(18-14-27)46-30-9-6-5-7-10-30/h5-20,25-26,34,42H,21-24H2,1-4H3,(H2,38,39,44)/t25-,26-,34-/m0/s1. The van der Waals surface area contributed by atoms with E-state index in [0.717, 1.165) is 17.1 Å². The number of aliphatic hydroxyl groups is 1. The minimum absolute atomic E-state index is 0.0913. The molecule has 3 atom stereocenters. The highest BCUT2D eigenvalue weighted by Gasteiger charge is 2.34. The van der Waals surface area contributed by atoms with Crippen LogP contribution in [0.1, 0.15) is 29.8 Å². The van der Waals surface area contributed by atoms with E-state index in [1.165, 1.54) is 0 Å². The summed E-state index contributed by atoms with van der Waals surface area (Å²) in [5, 5.41) is 15.7. The molecule has 0 unspecified atom stereocenters. The van der Waals surface area contributed by atoms with E-state index in [1.54, 1.807) is 54.5 Å². The molecular weight excluding hydrogens is 596 g/mol. The number of methoxy groups -OCH3 is 1. The SMILES string of the molecule is COc1ccc(NC(=O)Nc2cccc3c2O[C@@H](CN(C)Cc2ccc(Oc4ccccc4)cc2)[C@@H](C)CN([C@@H](C)CO)C3=O)cc1. The van der Waals surface area contributed by atoms with Crippen LogP contribution >= 0.6 is 0 Å². The number of anilines is 2. The van der Waals surface area contributed by atoms with E-state index in [2.05, 4.69) is 15.5 Å². The molecule has 0 bridgehead atoms. The number of carbonyl (C=O) groups is 2. The van der Waals surface area contributed by atoms with E-state index >= 15 is 0 Å². The maximum absolute atomic E-state index is 13.8. The van der Waals surface area contributed by atoms with Gasteiger partial charge in [-0.3, -0.25) is 9.69 Å². The molecule has 0 saturated carbocycles. The van der Waals surface area contributed by atoms with Crippen LogP contribution in [0.5, 0.6) is 23.0 Å². The highest BCUT2D eigenvalue weighted by atomic mass is 16.5. The number of carbonyl (C=O) groups excluding carboxylic acids is 2. The van der Waals surface area contributed by atoms with Crippen LogP contribution in [0, 0.1) is 5.92 Å². The van der Waals surface area contributed by atoms with Crippen LogP contribution in [0.25, 0.3) is 0 Å². The third-order valence-corrected chi connectivity index (χ3v) is 8.13. The second kappa shape index (κ2) is 15.5. The van der Waals surface area contributed by atoms with E-state index in [9.17, 15) is 14.7 Å². The average Bonchev–Trinajstić information content (AvgIpc) is 3.08. The number of fused-ring (bicyclic) bond motifs is 1. The Hall–Kier alpha value is -5.06. The van der Waals surface area contributed by atoms with Crippen molar-refractivity contribution in [2.24, 2.45) is 5.92 Å². The van der Waals surface area contributed by atoms with Gasteiger partial charge in [0.2, 0.25) is 0 Å². The minimum Gasteiger partial charge on any atom is -0.497 e. The van der Waals surface area contributed by atoms with Crippen molar-refractivity contribution in [1.82, 2.24) is 9.80 Å². The number of likely N-dealkylation sites (N-methyl/N-ethyl adjacent to an activating group) is 1. The Balaban J connectivity index is 1.34. The number of aliphatic hydroxyl groups excluding tert-OH is 1. The highest BCUT2D eigenvalue weighted by molar-refractivity contribution is 6.04. The van der Waals surface area contributed by atoms with E-state index in [4.69, 9.17) is 14.2 Å². The molecule has 5 rings (SSSR count). The van der Waals surface area contributed by atoms with E-state index in [1.807, 2.05) is 75.5 Å². The van der Waals surface area contributed by atoms with Gasteiger partial charge >= 0.3 is 6.03 Å². The van der Waals surface area contributed by atoms with Gasteiger partial charge in [0.05, 0.1) is 31.0 Å². The monoisotopic (exact) mass is 638 g/mol. The topological polar surface area (TPSA) is 113 Å². The van der Waals surface area contributed by atoms with Gasteiger partial charge in [-0.15, -0.1) is 0 Å². The molecule has 0 saturated heterocycles. The number of hydrogen-bond acceptors (Lipinski definition) is 7. The summed E-state index contributed by atoms with van der Waals surface area (Å²) in [5.74, 6) is 2.15. The maximum Gasteiger partial charge on any atom is 0.323 e. The average molecular weight is 639 g/mol. The molecule has 10 nitrogen and oxygen atoms in total. The van der Waals surface area contributed by atoms with E-state index in [0.29, 0.717) is 48.1 Å². The first-order valence-electron chi connectivity index (χ1n) is 15.7. The Morgan fingerprint density at radius 2 is 1.64 bits per heavy atom. The summed E-state index contributed by atoms with van der Waals surface area (Å²) in [6.45, 7) is 5.29. The molecule has 4 aromatic carbocycles. The predicted molar refractivity (Wildman–Crippen MR) is 183 cm³/mol. The molecule has 1 heterocycles. The van der Waals surface area contributed by atoms with Gasteiger partial charge < -0.3 is 34.9 Å². The van der Waals surface area contributed by atoms with Gasteiger partial charge in [0, 0.05) is 31.2 Å². The van der Waals surface area contributed by atoms with Crippen LogP contribution in [0.15, 0.2) is 97.1 Å². The van der Waals surface area contributed by atoms with Crippen LogP contribution in [0.2, 0.25) is 0 Å². The lowest BCUT2D eigenvalue weighted by molar-refractivity contribution is 0.0343. The number of urea groups is 1. The zero-order chi connectivity index (χ0) is 33.3. The Bertz CT molecular complexity index is 1630. The number of rotatable bonds is 11. The summed E-state index contributed by atoms with van der Waals surface area (Å²) < 4.78 is 17.8. The number of ether oxygens (including phenoxy) is 3. The van der Waals surface area contributed by atoms with Gasteiger partial charge in [0.15, 0.2) is 5.75 Å². The number of nitrogens with zero attached hydrogens (tertiary/aromatic N) is 2. The Kier molecular flexibility index (Phi) is 11.0. The summed E-state index contributed by atoms with van der Waals surface area (Å²) >= 11 is 0. The molecular formula is C37H42N4O6. The smallest absolute Gasteiger partial charge is 0.323 e. The van der Waals surface area contributed by atoms with Gasteiger partial charge in [-0.05, 0) is 80.2 Å². The predicted octanol–water partition coefficient (Wildman–Crippen LogP) is 6.48. The van der Waals surface area contributed by atoms with Crippen LogP contribution in [-0.4, -0.2) is 72.8 Å². The van der Waals surface area contributed by atoms with Gasteiger partial charge in [0.1, 0.15) is 23.4 Å². The quantitative estimate of drug-likeness (QED) is 0.172. The molecule has 1 aliphatic rings. The fourth-order valence-corrected chi connectivity index (χ4v) is 5.49. The molecule has 3 N–H and O–H groups in total. The van der Waals surface area contributed by atoms with Crippen LogP contribution in [0.3, 0.4) is 0 Å². The summed E-state index contributed by atoms with van der Waals surface area (Å²) in [7, 11) is 3.60. The first kappa shape index (κ1) is 33.3. The molecule has 0 radical (unpaired) electrons. The van der Waals surface area contributed by atoms with Crippen LogP contribution < -0.4 is 24.8 Å². The molecule has 0 spiro atoms. The highest BCUT2D eigenvalue weighted by Crippen LogP contribution is 2.35. The van der Waals surface area contributed by atoms with Crippen molar-refractivity contribution in [1.29, 1.82) is 0 Å². The Labute approximate surface area is 275 Å². The lowest BCUT2D eigenvalue weighted by Crippen LogP contribution is -2.49. The number of nitrogens with one attached hydrogen (secondary N) is 2. The Morgan fingerprint density at radius 1 is 0.957 bits per heavy atom. The summed E-state index contributed by atoms with van der Waals surface area (Å²) in [4.78, 5) is 30.7. The second-order valence-electron chi connectivity index (χ2n) is 11.9. The molecule has 47 heavy (non-hydrogen) atoms. The van der Waals surface area contributed by atoms with E-state index < -0.39 is 12.1 Å². The normalized spacial score (nSPS) is 16.7. The van der Waals surface area contributed by atoms with Gasteiger partial charge in [-0.2, -0.15) is 0 Å². The molecule has 0 fully saturated rings. The molecule has 3 amide bonds. The van der Waals surface area contributed by atoms with Gasteiger partial charge in [0.25, 0.3) is 5.91 Å². The first-order valence-corrected chi connectivity index (χ1v) is 15.7. The largest absolute Gasteiger partial charge is 0.497 e. The Morgan fingerprint density at radius 3 is 2.32 bits per heavy atom. The summed E-state index contributed by atoms with van der Waals surface area (Å²) in [6, 6.07) is 28.9. The first-order chi connectivity index (χ1) is 22.7. The number of hydrogen-bond donors (Lipinski definition) is 3. The lowest BCUT2D eigenvalue weighted by atomic mass is 9.99. The van der Waals surface area contributed by atoms with Crippen LogP contribution in [-0.2, 0) is 6.54 Å². The zero-order valence-corrected chi connectivity index (χ0v) is 27.2. The second-order valence-corrected chi connectivity index (χ2v) is 11.9. The van der Waals surface area contributed by atoms with Crippen LogP contribution in [0.4, 0.5) is 16.2 Å². The van der Waals surface area contributed by atoms with Crippen molar-refractivity contribution in [2.45, 2.75) is 32.5 Å². The summed E-state index contributed by atoms with van der Waals surface area (Å²) in [6.07, 6.45) is -0.339. The summed E-state index contributed by atoms with van der Waals surface area (Å²) in [5.41, 5.74) is 2.38. The molecule has 4 aromatic rings. The third-order valence-electron chi connectivity index (χ3n) is 8.13. The zero-order valence-electron chi connectivity index (χ0n) is 27.2. The minimum atomic E-state index is -0.483. The van der Waals surface area contributed by atoms with Crippen molar-refractivity contribution in [3.05, 3.63) is 108 Å². The number of benzene rings is 4. The van der Waals surface area contributed by atoms with Crippen molar-refractivity contribution >= 4 is 23.3 Å². The molecule has 246 valence electrons. The molecule has 1 aliphatic heterocycles. The van der Waals surface area contributed by atoms with Gasteiger partial charge in [-0.1, -0.05) is 43.3 Å². The molecule has 0 aromatic heterocycles. The third kappa shape index (κ3) is 8.60. The number of amides is 3. The van der Waals surface area contributed by atoms with Crippen molar-refractivity contribution in [3.63, 3.8) is 0 Å². The maximum atomic E-state index is 13.8. The van der Waals surface area contributed by atoms with E-state index in [-0.39, 0.29) is 24.5 Å². The molecule has 10 heteroatoms. The fourth-order valence-electron chi connectivity index (χ4n) is 5.49. The van der Waals surface area contributed by atoms with Crippen molar-refractivity contribution < 1.29 is 28.9 Å². The number of para-hydroxylation sites is 2. The van der Waals surface area contributed by atoms with Gasteiger partial charge in [-0.25, -0.2) is 4.79 Å². The molecule has 0 aliphatic carbocycles.